The van der Waals surface area contributed by atoms with Crippen LogP contribution in [0.1, 0.15) is 19.6 Å². The first-order chi connectivity index (χ1) is 11.1. The molecule has 1 fully saturated rings. The van der Waals surface area contributed by atoms with Crippen LogP contribution < -0.4 is 5.73 Å². The van der Waals surface area contributed by atoms with Crippen LogP contribution in [0.3, 0.4) is 0 Å². The normalized spacial score (nSPS) is 31.0. The number of nitrogen functional groups attached to an aromatic ring is 1. The van der Waals surface area contributed by atoms with E-state index in [0.717, 1.165) is 6.16 Å². The number of hydrogen-bond donors (Lipinski definition) is 3. The third kappa shape index (κ3) is 2.95. The lowest BCUT2D eigenvalue weighted by molar-refractivity contribution is -0.0939. The van der Waals surface area contributed by atoms with Gasteiger partial charge in [0.15, 0.2) is 17.7 Å². The van der Waals surface area contributed by atoms with Crippen molar-refractivity contribution in [2.75, 3.05) is 25.2 Å². The van der Waals surface area contributed by atoms with E-state index in [1.165, 1.54) is 12.7 Å². The van der Waals surface area contributed by atoms with E-state index in [2.05, 4.69) is 34.6 Å². The predicted molar refractivity (Wildman–Crippen MR) is 95.6 cm³/mol. The van der Waals surface area contributed by atoms with Gasteiger partial charge in [0.2, 0.25) is 0 Å². The first kappa shape index (κ1) is 17.4. The second kappa shape index (κ2) is 5.81. The molecule has 2 aromatic rings. The van der Waals surface area contributed by atoms with Gasteiger partial charge in [-0.25, -0.2) is 15.0 Å². The van der Waals surface area contributed by atoms with Gasteiger partial charge in [0.1, 0.15) is 23.5 Å². The van der Waals surface area contributed by atoms with Gasteiger partial charge < -0.3 is 20.7 Å². The van der Waals surface area contributed by atoms with Crippen molar-refractivity contribution in [3.63, 3.8) is 0 Å². The topological polar surface area (TPSA) is 119 Å². The summed E-state index contributed by atoms with van der Waals surface area (Å²) in [4.78, 5) is 12.3. The second-order valence-electron chi connectivity index (χ2n) is 7.23. The van der Waals surface area contributed by atoms with Gasteiger partial charge in [-0.2, -0.15) is 0 Å². The Morgan fingerprint density at radius 2 is 2.12 bits per heavy atom. The molecule has 0 radical (unpaired) electrons. The van der Waals surface area contributed by atoms with Crippen molar-refractivity contribution in [2.24, 2.45) is 0 Å². The molecular formula is C15H24N5O3P. The van der Waals surface area contributed by atoms with Crippen molar-refractivity contribution < 1.29 is 14.9 Å². The van der Waals surface area contributed by atoms with Crippen molar-refractivity contribution in [3.8, 4) is 0 Å². The number of rotatable bonds is 4. The standard InChI is InChI=1S/C15H24N5O3P/c1-15(22)11(21)9(5-6-24(2,3)4)23-14(15)20-8-19-10-12(16)17-7-18-13(10)20/h7-9,11,14,21-22H,2,5-6H2,1,3-4H3,(H2,16,17,18)/t9-,11-,14?,15-/m1/s1. The molecule has 0 bridgehead atoms. The Kier molecular flexibility index (Phi) is 4.20. The number of imidazole rings is 1. The molecule has 0 aliphatic carbocycles. The largest absolute Gasteiger partial charge is 0.387 e. The number of aliphatic hydroxyl groups is 2. The lowest BCUT2D eigenvalue weighted by Crippen LogP contribution is -2.43. The molecule has 3 heterocycles. The molecule has 3 rings (SSSR count). The molecule has 1 saturated heterocycles. The SMILES string of the molecule is C=P(C)(C)CC[C@H]1OC(n2cnc3c(N)ncnc32)[C@](C)(O)[C@@H]1O. The zero-order valence-electron chi connectivity index (χ0n) is 14.1. The van der Waals surface area contributed by atoms with E-state index in [4.69, 9.17) is 10.5 Å². The van der Waals surface area contributed by atoms with Gasteiger partial charge in [-0.3, -0.25) is 4.57 Å². The van der Waals surface area contributed by atoms with Crippen molar-refractivity contribution in [2.45, 2.75) is 37.4 Å². The average molecular weight is 353 g/mol. The van der Waals surface area contributed by atoms with E-state index in [-0.39, 0.29) is 5.82 Å². The van der Waals surface area contributed by atoms with E-state index in [0.29, 0.717) is 17.6 Å². The summed E-state index contributed by atoms with van der Waals surface area (Å²) in [6, 6.07) is 0. The van der Waals surface area contributed by atoms with Gasteiger partial charge in [0.05, 0.1) is 12.4 Å². The molecular weight excluding hydrogens is 329 g/mol. The molecule has 9 heteroatoms. The fourth-order valence-corrected chi connectivity index (χ4v) is 3.95. The lowest BCUT2D eigenvalue weighted by atomic mass is 9.95. The van der Waals surface area contributed by atoms with E-state index in [1.54, 1.807) is 11.5 Å². The van der Waals surface area contributed by atoms with Crippen molar-refractivity contribution >= 4 is 30.2 Å². The molecule has 24 heavy (non-hydrogen) atoms. The van der Waals surface area contributed by atoms with E-state index in [1.807, 2.05) is 0 Å². The number of nitrogens with two attached hydrogens (primary N) is 1. The summed E-state index contributed by atoms with van der Waals surface area (Å²) in [5.74, 6) is 0.261. The first-order valence-corrected chi connectivity index (χ1v) is 10.8. The van der Waals surface area contributed by atoms with Gasteiger partial charge in [-0.05, 0) is 32.8 Å². The van der Waals surface area contributed by atoms with Crippen LogP contribution in [0.4, 0.5) is 5.82 Å². The smallest absolute Gasteiger partial charge is 0.168 e. The van der Waals surface area contributed by atoms with Crippen LogP contribution in [0.25, 0.3) is 11.2 Å². The summed E-state index contributed by atoms with van der Waals surface area (Å²) in [6.07, 6.45) is 6.25. The predicted octanol–water partition coefficient (Wildman–Crippen LogP) is 0.517. The van der Waals surface area contributed by atoms with Crippen LogP contribution >= 0.6 is 6.89 Å². The maximum atomic E-state index is 10.8. The molecule has 4 atom stereocenters. The maximum Gasteiger partial charge on any atom is 0.168 e. The van der Waals surface area contributed by atoms with Crippen LogP contribution in [-0.2, 0) is 4.74 Å². The summed E-state index contributed by atoms with van der Waals surface area (Å²) >= 11 is 0. The minimum Gasteiger partial charge on any atom is -0.387 e. The molecule has 1 aliphatic heterocycles. The fraction of sp³-hybridized carbons (Fsp3) is 0.600. The quantitative estimate of drug-likeness (QED) is 0.685. The number of anilines is 1. The van der Waals surface area contributed by atoms with Crippen molar-refractivity contribution in [1.29, 1.82) is 0 Å². The zero-order chi connectivity index (χ0) is 17.7. The molecule has 8 nitrogen and oxygen atoms in total. The van der Waals surface area contributed by atoms with Gasteiger partial charge in [0.25, 0.3) is 0 Å². The fourth-order valence-electron chi connectivity index (χ4n) is 2.99. The Morgan fingerprint density at radius 3 is 2.79 bits per heavy atom. The summed E-state index contributed by atoms with van der Waals surface area (Å²) in [5, 5.41) is 21.4. The molecule has 132 valence electrons. The van der Waals surface area contributed by atoms with Crippen LogP contribution in [-0.4, -0.2) is 73.3 Å². The van der Waals surface area contributed by atoms with Gasteiger partial charge in [0, 0.05) is 0 Å². The number of aromatic nitrogens is 4. The number of hydrogen-bond acceptors (Lipinski definition) is 7. The molecule has 0 spiro atoms. The summed E-state index contributed by atoms with van der Waals surface area (Å²) < 4.78 is 7.59. The second-order valence-corrected chi connectivity index (χ2v) is 11.5. The van der Waals surface area contributed by atoms with Crippen molar-refractivity contribution in [1.82, 2.24) is 19.5 Å². The Balaban J connectivity index is 1.92. The van der Waals surface area contributed by atoms with Crippen molar-refractivity contribution in [3.05, 3.63) is 12.7 Å². The number of fused-ring (bicyclic) bond motifs is 1. The summed E-state index contributed by atoms with van der Waals surface area (Å²) in [6.45, 7) is 4.58. The minimum atomic E-state index is -1.47. The number of nitrogens with zero attached hydrogens (tertiary/aromatic N) is 4. The van der Waals surface area contributed by atoms with Crippen LogP contribution in [0, 0.1) is 0 Å². The molecule has 1 unspecified atom stereocenters. The monoisotopic (exact) mass is 353 g/mol. The average Bonchev–Trinajstić information content (AvgIpc) is 2.99. The Bertz CT molecular complexity index is 800. The molecule has 0 aromatic carbocycles. The zero-order valence-corrected chi connectivity index (χ0v) is 15.0. The maximum absolute atomic E-state index is 10.8. The summed E-state index contributed by atoms with van der Waals surface area (Å²) in [7, 11) is 0. The van der Waals surface area contributed by atoms with Gasteiger partial charge in [-0.1, -0.05) is 0 Å². The minimum absolute atomic E-state index is 0.261. The van der Waals surface area contributed by atoms with E-state index in [9.17, 15) is 10.2 Å². The first-order valence-electron chi connectivity index (χ1n) is 7.77. The highest BCUT2D eigenvalue weighted by molar-refractivity contribution is 7.72. The molecule has 2 aromatic heterocycles. The molecule has 1 aliphatic rings. The molecule has 4 N–H and O–H groups in total. The highest BCUT2D eigenvalue weighted by Gasteiger charge is 2.53. The highest BCUT2D eigenvalue weighted by Crippen LogP contribution is 2.43. The number of ether oxygens (including phenoxy) is 1. The number of aliphatic hydroxyl groups excluding tert-OH is 1. The summed E-state index contributed by atoms with van der Waals surface area (Å²) in [5.41, 5.74) is 5.24. The third-order valence-corrected chi connectivity index (χ3v) is 5.88. The van der Waals surface area contributed by atoms with Gasteiger partial charge in [-0.15, -0.1) is 13.2 Å². The Labute approximate surface area is 140 Å². The highest BCUT2D eigenvalue weighted by atomic mass is 31.2. The van der Waals surface area contributed by atoms with E-state index < -0.39 is 30.9 Å². The van der Waals surface area contributed by atoms with Crippen LogP contribution in [0.5, 0.6) is 0 Å². The van der Waals surface area contributed by atoms with Crippen LogP contribution in [0.2, 0.25) is 0 Å². The molecule has 0 amide bonds. The molecule has 0 saturated carbocycles. The lowest BCUT2D eigenvalue weighted by Gasteiger charge is -2.27. The third-order valence-electron chi connectivity index (χ3n) is 4.41. The van der Waals surface area contributed by atoms with E-state index >= 15 is 0 Å². The van der Waals surface area contributed by atoms with Gasteiger partial charge >= 0.3 is 0 Å². The Morgan fingerprint density at radius 1 is 1.42 bits per heavy atom. The Hall–Kier alpha value is -1.47. The van der Waals surface area contributed by atoms with Crippen LogP contribution in [0.15, 0.2) is 12.7 Å².